The van der Waals surface area contributed by atoms with Crippen molar-refractivity contribution >= 4 is 5.91 Å². The summed E-state index contributed by atoms with van der Waals surface area (Å²) in [5.74, 6) is 1.42. The first-order chi connectivity index (χ1) is 16.2. The Balaban J connectivity index is 1.26. The summed E-state index contributed by atoms with van der Waals surface area (Å²) >= 11 is 0. The van der Waals surface area contributed by atoms with Crippen LogP contribution in [-0.4, -0.2) is 34.0 Å². The predicted molar refractivity (Wildman–Crippen MR) is 134 cm³/mol. The van der Waals surface area contributed by atoms with Crippen molar-refractivity contribution in [2.24, 2.45) is 5.92 Å². The van der Waals surface area contributed by atoms with Crippen LogP contribution in [0.5, 0.6) is 0 Å². The molecule has 1 atom stereocenters. The second-order valence-corrected chi connectivity index (χ2v) is 10.5. The molecule has 1 amide bonds. The summed E-state index contributed by atoms with van der Waals surface area (Å²) in [5, 5.41) is 7.36. The van der Waals surface area contributed by atoms with E-state index in [-0.39, 0.29) is 23.3 Å². The number of aromatic nitrogens is 2. The van der Waals surface area contributed by atoms with Gasteiger partial charge in [0.15, 0.2) is 0 Å². The van der Waals surface area contributed by atoms with Gasteiger partial charge in [-0.05, 0) is 62.4 Å². The highest BCUT2D eigenvalue weighted by Crippen LogP contribution is 2.25. The van der Waals surface area contributed by atoms with Crippen LogP contribution in [0.4, 0.5) is 0 Å². The molecule has 2 aromatic carbocycles. The molecule has 1 N–H and O–H groups in total. The van der Waals surface area contributed by atoms with Gasteiger partial charge in [0.1, 0.15) is 0 Å². The Morgan fingerprint density at radius 1 is 1.15 bits per heavy atom. The number of aryl methyl sites for hydroxylation is 1. The molecule has 1 aliphatic rings. The van der Waals surface area contributed by atoms with Gasteiger partial charge in [-0.15, -0.1) is 0 Å². The van der Waals surface area contributed by atoms with Gasteiger partial charge in [0.2, 0.25) is 17.6 Å². The number of amides is 1. The van der Waals surface area contributed by atoms with E-state index < -0.39 is 0 Å². The van der Waals surface area contributed by atoms with Crippen molar-refractivity contribution in [2.75, 3.05) is 13.1 Å². The fourth-order valence-corrected chi connectivity index (χ4v) is 4.45. The highest BCUT2D eigenvalue weighted by molar-refractivity contribution is 5.79. The summed E-state index contributed by atoms with van der Waals surface area (Å²) in [7, 11) is 0. The molecule has 1 saturated heterocycles. The molecule has 0 bridgehead atoms. The highest BCUT2D eigenvalue weighted by atomic mass is 16.5. The van der Waals surface area contributed by atoms with Crippen LogP contribution < -0.4 is 5.32 Å². The van der Waals surface area contributed by atoms with Crippen LogP contribution in [0, 0.1) is 12.8 Å². The van der Waals surface area contributed by atoms with E-state index in [9.17, 15) is 4.79 Å². The van der Waals surface area contributed by atoms with Crippen LogP contribution in [0.15, 0.2) is 53.1 Å². The summed E-state index contributed by atoms with van der Waals surface area (Å²) < 4.78 is 5.48. The van der Waals surface area contributed by atoms with Crippen molar-refractivity contribution < 1.29 is 9.32 Å². The van der Waals surface area contributed by atoms with Gasteiger partial charge >= 0.3 is 0 Å². The lowest BCUT2D eigenvalue weighted by atomic mass is 9.86. The van der Waals surface area contributed by atoms with Crippen molar-refractivity contribution in [1.82, 2.24) is 20.4 Å². The molecule has 1 aromatic heterocycles. The second-order valence-electron chi connectivity index (χ2n) is 10.5. The van der Waals surface area contributed by atoms with Crippen LogP contribution in [0.3, 0.4) is 0 Å². The van der Waals surface area contributed by atoms with Gasteiger partial charge < -0.3 is 9.84 Å². The summed E-state index contributed by atoms with van der Waals surface area (Å²) in [5.41, 5.74) is 4.70. The van der Waals surface area contributed by atoms with Crippen molar-refractivity contribution in [2.45, 2.75) is 65.5 Å². The van der Waals surface area contributed by atoms with E-state index in [2.05, 4.69) is 78.4 Å². The highest BCUT2D eigenvalue weighted by Gasteiger charge is 2.27. The number of benzene rings is 2. The molecule has 4 rings (SSSR count). The molecule has 6 nitrogen and oxygen atoms in total. The first-order valence-corrected chi connectivity index (χ1v) is 12.2. The summed E-state index contributed by atoms with van der Waals surface area (Å²) in [6.45, 7) is 13.0. The maximum absolute atomic E-state index is 12.9. The quantitative estimate of drug-likeness (QED) is 0.531. The second kappa shape index (κ2) is 10.1. The number of nitrogens with one attached hydrogen (secondary N) is 1. The van der Waals surface area contributed by atoms with E-state index in [1.165, 1.54) is 11.1 Å². The summed E-state index contributed by atoms with van der Waals surface area (Å²) in [6.07, 6.45) is 1.67. The van der Waals surface area contributed by atoms with Gasteiger partial charge in [-0.3, -0.25) is 9.69 Å². The molecule has 180 valence electrons. The Bertz CT molecular complexity index is 1110. The molecule has 1 aliphatic heterocycles. The van der Waals surface area contributed by atoms with E-state index in [1.807, 2.05) is 25.1 Å². The lowest BCUT2D eigenvalue weighted by Gasteiger charge is -2.31. The molecule has 1 unspecified atom stereocenters. The molecule has 0 saturated carbocycles. The number of hydrogen-bond acceptors (Lipinski definition) is 5. The van der Waals surface area contributed by atoms with Gasteiger partial charge in [-0.1, -0.05) is 74.0 Å². The van der Waals surface area contributed by atoms with E-state index in [0.29, 0.717) is 18.3 Å². The molecule has 34 heavy (non-hydrogen) atoms. The van der Waals surface area contributed by atoms with Crippen LogP contribution in [0.25, 0.3) is 11.4 Å². The van der Waals surface area contributed by atoms with Crippen molar-refractivity contribution in [3.05, 3.63) is 71.1 Å². The van der Waals surface area contributed by atoms with Crippen LogP contribution in [-0.2, 0) is 16.8 Å². The Morgan fingerprint density at radius 3 is 2.50 bits per heavy atom. The SMILES string of the molecule is Cc1cccc(-c2noc(CN3CCC(C(=O)NC(C)c4ccc(C(C)(C)C)cc4)CC3)n2)c1. The molecule has 1 fully saturated rings. The lowest BCUT2D eigenvalue weighted by Crippen LogP contribution is -2.41. The van der Waals surface area contributed by atoms with Crippen LogP contribution >= 0.6 is 0 Å². The molecule has 0 aliphatic carbocycles. The molecular weight excluding hydrogens is 424 g/mol. The van der Waals surface area contributed by atoms with Crippen molar-refractivity contribution in [3.63, 3.8) is 0 Å². The first kappa shape index (κ1) is 24.1. The number of nitrogens with zero attached hydrogens (tertiary/aromatic N) is 3. The molecule has 6 heteroatoms. The third-order valence-electron chi connectivity index (χ3n) is 6.70. The monoisotopic (exact) mass is 460 g/mol. The number of piperidine rings is 1. The Kier molecular flexibility index (Phi) is 7.17. The Hall–Kier alpha value is -2.99. The first-order valence-electron chi connectivity index (χ1n) is 12.2. The van der Waals surface area contributed by atoms with E-state index >= 15 is 0 Å². The van der Waals surface area contributed by atoms with E-state index in [0.717, 1.165) is 37.1 Å². The maximum Gasteiger partial charge on any atom is 0.241 e. The van der Waals surface area contributed by atoms with Gasteiger partial charge in [0.25, 0.3) is 0 Å². The fourth-order valence-electron chi connectivity index (χ4n) is 4.45. The predicted octanol–water partition coefficient (Wildman–Crippen LogP) is 5.43. The average molecular weight is 461 g/mol. The number of carbonyl (C=O) groups excluding carboxylic acids is 1. The smallest absolute Gasteiger partial charge is 0.241 e. The molecule has 3 aromatic rings. The third-order valence-corrected chi connectivity index (χ3v) is 6.70. The van der Waals surface area contributed by atoms with Crippen LogP contribution in [0.1, 0.15) is 69.2 Å². The topological polar surface area (TPSA) is 71.3 Å². The van der Waals surface area contributed by atoms with Crippen LogP contribution in [0.2, 0.25) is 0 Å². The molecule has 0 radical (unpaired) electrons. The van der Waals surface area contributed by atoms with E-state index in [4.69, 9.17) is 4.52 Å². The number of rotatable bonds is 6. The molecule has 2 heterocycles. The minimum atomic E-state index is -0.00187. The number of likely N-dealkylation sites (tertiary alicyclic amines) is 1. The molecule has 0 spiro atoms. The van der Waals surface area contributed by atoms with E-state index in [1.54, 1.807) is 0 Å². The minimum Gasteiger partial charge on any atom is -0.349 e. The fraction of sp³-hybridized carbons (Fsp3) is 0.464. The zero-order valence-corrected chi connectivity index (χ0v) is 21.0. The van der Waals surface area contributed by atoms with Gasteiger partial charge in [0.05, 0.1) is 12.6 Å². The van der Waals surface area contributed by atoms with Gasteiger partial charge in [-0.2, -0.15) is 4.98 Å². The summed E-state index contributed by atoms with van der Waals surface area (Å²) in [4.78, 5) is 19.7. The standard InChI is InChI=1S/C28H36N4O2/c1-19-7-6-8-23(17-19)26-30-25(34-31-26)18-32-15-13-22(14-16-32)27(33)29-20(2)21-9-11-24(12-10-21)28(3,4)5/h6-12,17,20,22H,13-16,18H2,1-5H3,(H,29,33). The van der Waals surface area contributed by atoms with Crippen molar-refractivity contribution in [3.8, 4) is 11.4 Å². The van der Waals surface area contributed by atoms with Gasteiger partial charge in [-0.25, -0.2) is 0 Å². The Morgan fingerprint density at radius 2 is 1.85 bits per heavy atom. The summed E-state index contributed by atoms with van der Waals surface area (Å²) in [6, 6.07) is 16.7. The Labute approximate surface area is 202 Å². The minimum absolute atomic E-state index is 0.00187. The largest absolute Gasteiger partial charge is 0.349 e. The van der Waals surface area contributed by atoms with Crippen molar-refractivity contribution in [1.29, 1.82) is 0 Å². The lowest BCUT2D eigenvalue weighted by molar-refractivity contribution is -0.127. The molecular formula is C28H36N4O2. The zero-order valence-electron chi connectivity index (χ0n) is 21.0. The van der Waals surface area contributed by atoms with Gasteiger partial charge in [0, 0.05) is 11.5 Å². The average Bonchev–Trinajstić information content (AvgIpc) is 3.27. The maximum atomic E-state index is 12.9. The number of carbonyl (C=O) groups is 1. The number of hydrogen-bond donors (Lipinski definition) is 1. The normalized spacial score (nSPS) is 16.4. The third kappa shape index (κ3) is 5.92. The zero-order chi connectivity index (χ0) is 24.3.